The Morgan fingerprint density at radius 3 is 2.08 bits per heavy atom. The Bertz CT molecular complexity index is 192. The number of benzene rings is 1. The summed E-state index contributed by atoms with van der Waals surface area (Å²) in [6, 6.07) is 9.10. The van der Waals surface area contributed by atoms with Crippen molar-refractivity contribution in [3.8, 4) is 0 Å². The maximum absolute atomic E-state index is 10.0. The van der Waals surface area contributed by atoms with Gasteiger partial charge in [0.05, 0.1) is 0 Å². The van der Waals surface area contributed by atoms with Gasteiger partial charge in [-0.1, -0.05) is 37.3 Å². The molecule has 0 aliphatic heterocycles. The van der Waals surface area contributed by atoms with Crippen LogP contribution in [0.5, 0.6) is 0 Å². The van der Waals surface area contributed by atoms with Gasteiger partial charge in [-0.05, 0) is 6.42 Å². The Kier molecular flexibility index (Phi) is 7.19. The summed E-state index contributed by atoms with van der Waals surface area (Å²) in [6.45, 7) is 2.25. The van der Waals surface area contributed by atoms with E-state index in [1.807, 2.05) is 25.1 Å². The second-order valence-corrected chi connectivity index (χ2v) is 2.25. The molecule has 0 heterocycles. The largest absolute Gasteiger partial charge is 0.396 e. The lowest BCUT2D eigenvalue weighted by Gasteiger charge is -1.81. The summed E-state index contributed by atoms with van der Waals surface area (Å²) < 4.78 is 0. The van der Waals surface area contributed by atoms with Gasteiger partial charge in [0.15, 0.2) is 0 Å². The summed E-state index contributed by atoms with van der Waals surface area (Å²) in [7, 11) is 0. The van der Waals surface area contributed by atoms with E-state index in [2.05, 4.69) is 0 Å². The van der Waals surface area contributed by atoms with Crippen LogP contribution in [-0.2, 0) is 0 Å². The molecule has 2 nitrogen and oxygen atoms in total. The number of aliphatic hydroxyl groups is 1. The monoisotopic (exact) mass is 166 g/mol. The summed E-state index contributed by atoms with van der Waals surface area (Å²) in [5.41, 5.74) is 0.729. The maximum atomic E-state index is 10.0. The van der Waals surface area contributed by atoms with Gasteiger partial charge in [0.2, 0.25) is 0 Å². The van der Waals surface area contributed by atoms with E-state index in [1.165, 1.54) is 0 Å². The van der Waals surface area contributed by atoms with E-state index in [0.29, 0.717) is 6.61 Å². The van der Waals surface area contributed by atoms with E-state index in [1.54, 1.807) is 12.1 Å². The summed E-state index contributed by atoms with van der Waals surface area (Å²) in [6.07, 6.45) is 1.71. The van der Waals surface area contributed by atoms with Crippen LogP contribution in [0.25, 0.3) is 0 Å². The van der Waals surface area contributed by atoms with Crippen LogP contribution in [0.2, 0.25) is 0 Å². The second kappa shape index (κ2) is 7.95. The van der Waals surface area contributed by atoms with Crippen LogP contribution in [-0.4, -0.2) is 18.0 Å². The van der Waals surface area contributed by atoms with Crippen LogP contribution >= 0.6 is 0 Å². The molecule has 0 saturated carbocycles. The molecule has 0 fully saturated rings. The first kappa shape index (κ1) is 10.8. The molecule has 1 aromatic rings. The van der Waals surface area contributed by atoms with E-state index < -0.39 is 0 Å². The van der Waals surface area contributed by atoms with E-state index in [9.17, 15) is 4.79 Å². The predicted molar refractivity (Wildman–Crippen MR) is 49.2 cm³/mol. The third-order valence-corrected chi connectivity index (χ3v) is 1.16. The van der Waals surface area contributed by atoms with Gasteiger partial charge in [0.25, 0.3) is 0 Å². The molecular formula is C10H14O2. The number of carbonyl (C=O) groups is 1. The van der Waals surface area contributed by atoms with Gasteiger partial charge >= 0.3 is 0 Å². The topological polar surface area (TPSA) is 37.3 Å². The second-order valence-electron chi connectivity index (χ2n) is 2.25. The third kappa shape index (κ3) is 5.62. The van der Waals surface area contributed by atoms with Crippen molar-refractivity contribution < 1.29 is 9.90 Å². The average Bonchev–Trinajstić information content (AvgIpc) is 2.19. The Labute approximate surface area is 72.9 Å². The molecule has 0 atom stereocenters. The van der Waals surface area contributed by atoms with E-state index in [4.69, 9.17) is 5.11 Å². The van der Waals surface area contributed by atoms with Crippen LogP contribution in [0, 0.1) is 0 Å². The van der Waals surface area contributed by atoms with Gasteiger partial charge in [-0.15, -0.1) is 0 Å². The van der Waals surface area contributed by atoms with Crippen molar-refractivity contribution in [1.82, 2.24) is 0 Å². The smallest absolute Gasteiger partial charge is 0.150 e. The lowest BCUT2D eigenvalue weighted by atomic mass is 10.2. The minimum absolute atomic E-state index is 0.319. The third-order valence-electron chi connectivity index (χ3n) is 1.16. The normalized spacial score (nSPS) is 8.17. The van der Waals surface area contributed by atoms with Crippen molar-refractivity contribution in [1.29, 1.82) is 0 Å². The van der Waals surface area contributed by atoms with Crippen molar-refractivity contribution in [2.75, 3.05) is 6.61 Å². The molecule has 0 unspecified atom stereocenters. The molecular weight excluding hydrogens is 152 g/mol. The van der Waals surface area contributed by atoms with Crippen LogP contribution in [0.3, 0.4) is 0 Å². The summed E-state index contributed by atoms with van der Waals surface area (Å²) in [5.74, 6) is 0. The highest BCUT2D eigenvalue weighted by Gasteiger charge is 1.79. The highest BCUT2D eigenvalue weighted by Crippen LogP contribution is 1.91. The molecule has 0 bridgehead atoms. The Morgan fingerprint density at radius 2 is 1.83 bits per heavy atom. The zero-order valence-corrected chi connectivity index (χ0v) is 7.23. The molecule has 0 aliphatic carbocycles. The van der Waals surface area contributed by atoms with Crippen LogP contribution in [0.1, 0.15) is 23.7 Å². The average molecular weight is 166 g/mol. The van der Waals surface area contributed by atoms with Crippen molar-refractivity contribution >= 4 is 6.29 Å². The summed E-state index contributed by atoms with van der Waals surface area (Å²) in [4.78, 5) is 10.0. The summed E-state index contributed by atoms with van der Waals surface area (Å²) >= 11 is 0. The molecule has 66 valence electrons. The van der Waals surface area contributed by atoms with Gasteiger partial charge in [-0.2, -0.15) is 0 Å². The van der Waals surface area contributed by atoms with E-state index in [-0.39, 0.29) is 0 Å². The maximum Gasteiger partial charge on any atom is 0.150 e. The number of carbonyl (C=O) groups excluding carboxylic acids is 1. The highest BCUT2D eigenvalue weighted by atomic mass is 16.2. The number of rotatable bonds is 2. The fourth-order valence-corrected chi connectivity index (χ4v) is 0.532. The SMILES string of the molecule is CCCO.O=Cc1ccccc1. The fraction of sp³-hybridized carbons (Fsp3) is 0.300. The van der Waals surface area contributed by atoms with Crippen molar-refractivity contribution in [3.05, 3.63) is 35.9 Å². The molecule has 1 rings (SSSR count). The Balaban J connectivity index is 0.000000261. The quantitative estimate of drug-likeness (QED) is 0.681. The zero-order chi connectivity index (χ0) is 9.23. The van der Waals surface area contributed by atoms with Crippen LogP contribution in [0.4, 0.5) is 0 Å². The molecule has 0 amide bonds. The first-order valence-corrected chi connectivity index (χ1v) is 3.96. The Hall–Kier alpha value is -1.15. The molecule has 12 heavy (non-hydrogen) atoms. The Morgan fingerprint density at radius 1 is 1.33 bits per heavy atom. The van der Waals surface area contributed by atoms with Gasteiger partial charge in [0, 0.05) is 12.2 Å². The molecule has 1 N–H and O–H groups in total. The standard InChI is InChI=1S/C7H6O.C3H8O/c8-6-7-4-2-1-3-5-7;1-2-3-4/h1-6H;4H,2-3H2,1H3. The van der Waals surface area contributed by atoms with E-state index >= 15 is 0 Å². The molecule has 2 heteroatoms. The molecule has 0 aromatic heterocycles. The van der Waals surface area contributed by atoms with Crippen molar-refractivity contribution in [2.24, 2.45) is 0 Å². The first-order valence-electron chi connectivity index (χ1n) is 3.96. The minimum atomic E-state index is 0.319. The molecule has 0 spiro atoms. The first-order chi connectivity index (χ1) is 5.85. The fourth-order valence-electron chi connectivity index (χ4n) is 0.532. The molecule has 0 aliphatic rings. The minimum Gasteiger partial charge on any atom is -0.396 e. The number of hydrogen-bond donors (Lipinski definition) is 1. The zero-order valence-electron chi connectivity index (χ0n) is 7.23. The summed E-state index contributed by atoms with van der Waals surface area (Å²) in [5, 5.41) is 7.88. The van der Waals surface area contributed by atoms with Crippen molar-refractivity contribution in [3.63, 3.8) is 0 Å². The molecule has 1 aromatic carbocycles. The van der Waals surface area contributed by atoms with E-state index in [0.717, 1.165) is 18.3 Å². The highest BCUT2D eigenvalue weighted by molar-refractivity contribution is 5.74. The number of aldehydes is 1. The lowest BCUT2D eigenvalue weighted by Crippen LogP contribution is -1.73. The number of aliphatic hydroxyl groups excluding tert-OH is 1. The number of hydrogen-bond acceptors (Lipinski definition) is 2. The van der Waals surface area contributed by atoms with Gasteiger partial charge < -0.3 is 5.11 Å². The van der Waals surface area contributed by atoms with Crippen LogP contribution < -0.4 is 0 Å². The van der Waals surface area contributed by atoms with Gasteiger partial charge in [-0.3, -0.25) is 4.79 Å². The van der Waals surface area contributed by atoms with Crippen molar-refractivity contribution in [2.45, 2.75) is 13.3 Å². The molecule has 0 saturated heterocycles. The van der Waals surface area contributed by atoms with Crippen LogP contribution in [0.15, 0.2) is 30.3 Å². The molecule has 0 radical (unpaired) electrons. The van der Waals surface area contributed by atoms with Gasteiger partial charge in [0.1, 0.15) is 6.29 Å². The van der Waals surface area contributed by atoms with Gasteiger partial charge in [-0.25, -0.2) is 0 Å². The predicted octanol–water partition coefficient (Wildman–Crippen LogP) is 1.89. The lowest BCUT2D eigenvalue weighted by molar-refractivity contribution is 0.112.